The van der Waals surface area contributed by atoms with E-state index in [1.165, 1.54) is 0 Å². The number of carbonyl (C=O) groups excluding carboxylic acids is 1. The van der Waals surface area contributed by atoms with E-state index in [4.69, 9.17) is 11.6 Å². The van der Waals surface area contributed by atoms with Crippen LogP contribution in [0.15, 0.2) is 59.1 Å². The fourth-order valence-electron chi connectivity index (χ4n) is 3.70. The fraction of sp³-hybridized carbons (Fsp3) is 0.273. The molecule has 0 fully saturated rings. The first kappa shape index (κ1) is 22.7. The Hall–Kier alpha value is -2.52. The molecule has 0 aliphatic carbocycles. The second kappa shape index (κ2) is 9.15. The van der Waals surface area contributed by atoms with Crippen LogP contribution < -0.4 is 10.6 Å². The highest BCUT2D eigenvalue weighted by Gasteiger charge is 2.47. The minimum Gasteiger partial charge on any atom is -0.362 e. The van der Waals surface area contributed by atoms with Gasteiger partial charge in [-0.2, -0.15) is 18.3 Å². The van der Waals surface area contributed by atoms with E-state index in [9.17, 15) is 18.0 Å². The van der Waals surface area contributed by atoms with Gasteiger partial charge in [-0.05, 0) is 29.7 Å². The average molecular weight is 528 g/mol. The Morgan fingerprint density at radius 1 is 1.19 bits per heavy atom. The van der Waals surface area contributed by atoms with Crippen molar-refractivity contribution in [3.63, 3.8) is 0 Å². The molecule has 0 saturated heterocycles. The number of nitrogens with zero attached hydrogens (tertiary/aromatic N) is 2. The van der Waals surface area contributed by atoms with Gasteiger partial charge in [-0.1, -0.05) is 70.0 Å². The molecule has 0 bridgehead atoms. The lowest BCUT2D eigenvalue weighted by atomic mass is 9.97. The number of amides is 1. The Morgan fingerprint density at radius 2 is 1.88 bits per heavy atom. The van der Waals surface area contributed by atoms with Gasteiger partial charge in [0.2, 0.25) is 0 Å². The molecule has 10 heteroatoms. The van der Waals surface area contributed by atoms with Crippen molar-refractivity contribution >= 4 is 39.3 Å². The molecular weight excluding hydrogens is 509 g/mol. The van der Waals surface area contributed by atoms with E-state index in [0.717, 1.165) is 14.7 Å². The molecule has 4 rings (SSSR count). The number of aromatic nitrogens is 2. The molecule has 2 aromatic carbocycles. The molecule has 0 unspecified atom stereocenters. The molecule has 1 aliphatic rings. The third kappa shape index (κ3) is 4.78. The maximum atomic E-state index is 13.9. The van der Waals surface area contributed by atoms with Crippen LogP contribution in [0, 0.1) is 0 Å². The van der Waals surface area contributed by atoms with E-state index in [-0.39, 0.29) is 23.0 Å². The fourth-order valence-corrected chi connectivity index (χ4v) is 4.23. The summed E-state index contributed by atoms with van der Waals surface area (Å²) in [6, 6.07) is 14.0. The van der Waals surface area contributed by atoms with Gasteiger partial charge in [-0.3, -0.25) is 4.79 Å². The van der Waals surface area contributed by atoms with Gasteiger partial charge in [-0.25, -0.2) is 4.68 Å². The second-order valence-electron chi connectivity index (χ2n) is 7.49. The van der Waals surface area contributed by atoms with Crippen LogP contribution in [-0.2, 0) is 6.42 Å². The number of fused-ring (bicyclic) bond motifs is 1. The molecule has 2 N–H and O–H groups in total. The maximum Gasteiger partial charge on any atom is 0.410 e. The molecule has 1 aliphatic heterocycles. The van der Waals surface area contributed by atoms with Crippen LogP contribution in [0.5, 0.6) is 0 Å². The topological polar surface area (TPSA) is 59.0 Å². The van der Waals surface area contributed by atoms with Gasteiger partial charge in [0.05, 0.1) is 6.04 Å². The van der Waals surface area contributed by atoms with Gasteiger partial charge in [0.25, 0.3) is 5.91 Å². The minimum atomic E-state index is -4.55. The summed E-state index contributed by atoms with van der Waals surface area (Å²) in [4.78, 5) is 12.6. The van der Waals surface area contributed by atoms with Gasteiger partial charge in [-0.15, -0.1) is 0 Å². The number of rotatable bonds is 5. The van der Waals surface area contributed by atoms with Crippen LogP contribution in [0.3, 0.4) is 0 Å². The first-order valence-electron chi connectivity index (χ1n) is 9.93. The zero-order valence-electron chi connectivity index (χ0n) is 16.7. The Morgan fingerprint density at radius 3 is 2.53 bits per heavy atom. The number of hydrogen-bond acceptors (Lipinski definition) is 3. The van der Waals surface area contributed by atoms with Crippen molar-refractivity contribution < 1.29 is 18.0 Å². The van der Waals surface area contributed by atoms with E-state index >= 15 is 0 Å². The van der Waals surface area contributed by atoms with Crippen molar-refractivity contribution in [3.05, 3.63) is 80.9 Å². The van der Waals surface area contributed by atoms with Crippen LogP contribution >= 0.6 is 27.5 Å². The number of alkyl halides is 3. The van der Waals surface area contributed by atoms with Crippen molar-refractivity contribution in [1.29, 1.82) is 0 Å². The summed E-state index contributed by atoms with van der Waals surface area (Å²) < 4.78 is 43.2. The Balaban J connectivity index is 1.57. The Bertz CT molecular complexity index is 1100. The van der Waals surface area contributed by atoms with Gasteiger partial charge < -0.3 is 10.6 Å². The molecule has 2 atom stereocenters. The van der Waals surface area contributed by atoms with Gasteiger partial charge in [0, 0.05) is 17.4 Å². The molecule has 3 aromatic rings. The van der Waals surface area contributed by atoms with Gasteiger partial charge in [0.15, 0.2) is 11.7 Å². The van der Waals surface area contributed by atoms with Crippen LogP contribution in [0.1, 0.15) is 40.1 Å². The minimum absolute atomic E-state index is 0.0126. The van der Waals surface area contributed by atoms with Gasteiger partial charge in [0.1, 0.15) is 10.8 Å². The lowest BCUT2D eigenvalue weighted by Gasteiger charge is -2.33. The Labute approximate surface area is 196 Å². The summed E-state index contributed by atoms with van der Waals surface area (Å²) in [6.07, 6.45) is -4.25. The third-order valence-electron chi connectivity index (χ3n) is 5.33. The van der Waals surface area contributed by atoms with Crippen LogP contribution in [0.2, 0.25) is 5.02 Å². The quantitative estimate of drug-likeness (QED) is 0.432. The van der Waals surface area contributed by atoms with Crippen molar-refractivity contribution in [2.24, 2.45) is 0 Å². The first-order chi connectivity index (χ1) is 15.2. The van der Waals surface area contributed by atoms with Crippen LogP contribution in [-0.4, -0.2) is 28.4 Å². The molecule has 32 heavy (non-hydrogen) atoms. The summed E-state index contributed by atoms with van der Waals surface area (Å²) in [6.45, 7) is 0.305. The summed E-state index contributed by atoms with van der Waals surface area (Å²) in [5.74, 6) is -0.628. The first-order valence-corrected chi connectivity index (χ1v) is 11.1. The van der Waals surface area contributed by atoms with Gasteiger partial charge >= 0.3 is 6.18 Å². The lowest BCUT2D eigenvalue weighted by molar-refractivity contribution is -0.173. The molecule has 168 valence electrons. The van der Waals surface area contributed by atoms with E-state index in [1.54, 1.807) is 24.3 Å². The number of benzene rings is 2. The van der Waals surface area contributed by atoms with E-state index in [0.29, 0.717) is 18.5 Å². The maximum absolute atomic E-state index is 13.9. The van der Waals surface area contributed by atoms with Crippen molar-refractivity contribution in [2.75, 3.05) is 11.9 Å². The van der Waals surface area contributed by atoms with Crippen molar-refractivity contribution in [2.45, 2.75) is 31.1 Å². The average Bonchev–Trinajstić information content (AvgIpc) is 3.10. The number of halogens is 5. The highest BCUT2D eigenvalue weighted by atomic mass is 79.9. The molecule has 1 amide bonds. The summed E-state index contributed by atoms with van der Waals surface area (Å²) in [7, 11) is 0. The standard InChI is InChI=1S/C22H19BrClF3N4O/c23-15-8-6-14(7-9-15)16-12-17(22(25,26)27)31-20(29-16)18(24)19(30-31)21(32)28-11-10-13-4-2-1-3-5-13/h1-9,16-17,29H,10-12H2,(H,28,32)/t16-,17+/m0/s1. The second-order valence-corrected chi connectivity index (χ2v) is 8.78. The molecule has 5 nitrogen and oxygen atoms in total. The van der Waals surface area contributed by atoms with E-state index < -0.39 is 24.2 Å². The van der Waals surface area contributed by atoms with E-state index in [2.05, 4.69) is 31.7 Å². The summed E-state index contributed by atoms with van der Waals surface area (Å²) >= 11 is 9.67. The molecule has 0 saturated carbocycles. The summed E-state index contributed by atoms with van der Waals surface area (Å²) in [5, 5.41) is 9.54. The predicted molar refractivity (Wildman–Crippen MR) is 120 cm³/mol. The molecular formula is C22H19BrClF3N4O. The smallest absolute Gasteiger partial charge is 0.362 e. The highest BCUT2D eigenvalue weighted by molar-refractivity contribution is 9.10. The monoisotopic (exact) mass is 526 g/mol. The number of nitrogens with one attached hydrogen (secondary N) is 2. The number of hydrogen-bond donors (Lipinski definition) is 2. The molecule has 2 heterocycles. The molecule has 0 radical (unpaired) electrons. The zero-order chi connectivity index (χ0) is 22.9. The number of carbonyl (C=O) groups is 1. The third-order valence-corrected chi connectivity index (χ3v) is 6.21. The largest absolute Gasteiger partial charge is 0.410 e. The van der Waals surface area contributed by atoms with Crippen molar-refractivity contribution in [3.8, 4) is 0 Å². The number of anilines is 1. The van der Waals surface area contributed by atoms with Crippen molar-refractivity contribution in [1.82, 2.24) is 15.1 Å². The predicted octanol–water partition coefficient (Wildman–Crippen LogP) is 5.93. The molecule has 1 aromatic heterocycles. The Kier molecular flexibility index (Phi) is 6.48. The van der Waals surface area contributed by atoms with Crippen LogP contribution in [0.25, 0.3) is 0 Å². The zero-order valence-corrected chi connectivity index (χ0v) is 19.0. The highest BCUT2D eigenvalue weighted by Crippen LogP contribution is 2.46. The summed E-state index contributed by atoms with van der Waals surface area (Å²) in [5.41, 5.74) is 1.48. The molecule has 0 spiro atoms. The van der Waals surface area contributed by atoms with E-state index in [1.807, 2.05) is 30.3 Å². The lowest BCUT2D eigenvalue weighted by Crippen LogP contribution is -2.36. The SMILES string of the molecule is O=C(NCCc1ccccc1)c1nn2c(c1Cl)N[C@H](c1ccc(Br)cc1)C[C@@H]2C(F)(F)F. The normalized spacial score (nSPS) is 18.0. The van der Waals surface area contributed by atoms with Crippen LogP contribution in [0.4, 0.5) is 19.0 Å².